The van der Waals surface area contributed by atoms with Crippen LogP contribution in [0.25, 0.3) is 0 Å². The van der Waals surface area contributed by atoms with Crippen LogP contribution < -0.4 is 4.90 Å². The van der Waals surface area contributed by atoms with Gasteiger partial charge in [0.2, 0.25) is 11.6 Å². The Balaban J connectivity index is 2.06. The lowest BCUT2D eigenvalue weighted by atomic mass is 9.84. The minimum Gasteiger partial charge on any atom is -0.311 e. The first-order chi connectivity index (χ1) is 9.59. The summed E-state index contributed by atoms with van der Waals surface area (Å²) in [6, 6.07) is 6.72. The minimum atomic E-state index is -0.379. The number of benzene rings is 1. The van der Waals surface area contributed by atoms with Gasteiger partial charge in [0, 0.05) is 17.7 Å². The van der Waals surface area contributed by atoms with E-state index in [-0.39, 0.29) is 17.6 Å². The number of rotatable bonds is 3. The van der Waals surface area contributed by atoms with Crippen molar-refractivity contribution < 1.29 is 14.5 Å². The Bertz CT molecular complexity index is 600. The van der Waals surface area contributed by atoms with Crippen LogP contribution in [0.2, 0.25) is 0 Å². The predicted molar refractivity (Wildman–Crippen MR) is 76.7 cm³/mol. The van der Waals surface area contributed by atoms with Crippen LogP contribution in [-0.4, -0.2) is 43.0 Å². The number of nitrogens with zero attached hydrogens (tertiary/aromatic N) is 1. The van der Waals surface area contributed by atoms with Crippen molar-refractivity contribution in [1.82, 2.24) is 0 Å². The molecule has 0 unspecified atom stereocenters. The number of hydrogen-bond donors (Lipinski definition) is 1. The van der Waals surface area contributed by atoms with Crippen molar-refractivity contribution in [3.05, 3.63) is 35.4 Å². The van der Waals surface area contributed by atoms with Gasteiger partial charge in [-0.3, -0.25) is 14.6 Å². The highest BCUT2D eigenvalue weighted by Gasteiger charge is 2.48. The number of carbonyl (C=O) groups excluding carboxylic acids is 2. The van der Waals surface area contributed by atoms with Crippen molar-refractivity contribution in [2.45, 2.75) is 19.9 Å². The third kappa shape index (κ3) is 2.20. The van der Waals surface area contributed by atoms with E-state index in [0.29, 0.717) is 29.3 Å². The summed E-state index contributed by atoms with van der Waals surface area (Å²) < 4.78 is 0. The van der Waals surface area contributed by atoms with Crippen molar-refractivity contribution in [2.24, 2.45) is 10.9 Å². The summed E-state index contributed by atoms with van der Waals surface area (Å²) in [5.74, 6) is 0.368. The molecule has 1 saturated heterocycles. The van der Waals surface area contributed by atoms with Gasteiger partial charge in [-0.25, -0.2) is 0 Å². The highest BCUT2D eigenvalue weighted by atomic mass is 16.1. The molecule has 1 fully saturated rings. The van der Waals surface area contributed by atoms with Crippen molar-refractivity contribution in [3.63, 3.8) is 0 Å². The van der Waals surface area contributed by atoms with Crippen LogP contribution in [0.15, 0.2) is 29.3 Å². The largest absolute Gasteiger partial charge is 0.311 e. The molecule has 1 aromatic carbocycles. The second kappa shape index (κ2) is 4.94. The first kappa shape index (κ1) is 13.2. The van der Waals surface area contributed by atoms with Crippen molar-refractivity contribution in [3.8, 4) is 0 Å². The fourth-order valence-corrected chi connectivity index (χ4v) is 2.63. The smallest absolute Gasteiger partial charge is 0.227 e. The molecule has 0 radical (unpaired) electrons. The molecule has 1 aliphatic heterocycles. The number of Topliss-reactive ketones (excluding diaryl/α,β-unsaturated/α-hetero) is 2. The number of ketones is 2. The monoisotopic (exact) mass is 271 g/mol. The van der Waals surface area contributed by atoms with Gasteiger partial charge in [0.05, 0.1) is 0 Å². The van der Waals surface area contributed by atoms with Gasteiger partial charge in [-0.1, -0.05) is 38.1 Å². The number of carbonyl (C=O) groups is 2. The van der Waals surface area contributed by atoms with E-state index in [9.17, 15) is 9.59 Å². The Kier molecular flexibility index (Phi) is 3.26. The van der Waals surface area contributed by atoms with Gasteiger partial charge in [-0.2, -0.15) is 0 Å². The zero-order chi connectivity index (χ0) is 14.3. The SMILES string of the molecule is CC(C)CN=C1C(=O)c2ccccc2C(=O)[C@@H]1[NH+]1CC1. The molecule has 0 bridgehead atoms. The van der Waals surface area contributed by atoms with Crippen molar-refractivity contribution in [1.29, 1.82) is 0 Å². The van der Waals surface area contributed by atoms with Crippen LogP contribution in [0, 0.1) is 5.92 Å². The summed E-state index contributed by atoms with van der Waals surface area (Å²) in [6.45, 7) is 6.62. The maximum absolute atomic E-state index is 12.6. The van der Waals surface area contributed by atoms with Gasteiger partial charge in [-0.15, -0.1) is 0 Å². The van der Waals surface area contributed by atoms with Gasteiger partial charge >= 0.3 is 0 Å². The molecular weight excluding hydrogens is 252 g/mol. The minimum absolute atomic E-state index is 0.0511. The van der Waals surface area contributed by atoms with Crippen LogP contribution in [0.3, 0.4) is 0 Å². The highest BCUT2D eigenvalue weighted by molar-refractivity contribution is 6.54. The molecule has 1 atom stereocenters. The maximum Gasteiger partial charge on any atom is 0.227 e. The normalized spacial score (nSPS) is 24.4. The second-order valence-electron chi connectivity index (χ2n) is 5.95. The molecule has 4 heteroatoms. The first-order valence-electron chi connectivity index (χ1n) is 7.16. The Morgan fingerprint density at radius 2 is 1.85 bits per heavy atom. The summed E-state index contributed by atoms with van der Waals surface area (Å²) >= 11 is 0. The van der Waals surface area contributed by atoms with E-state index in [2.05, 4.69) is 18.8 Å². The Morgan fingerprint density at radius 3 is 2.45 bits per heavy atom. The fourth-order valence-electron chi connectivity index (χ4n) is 2.63. The van der Waals surface area contributed by atoms with Crippen LogP contribution >= 0.6 is 0 Å². The lowest BCUT2D eigenvalue weighted by Crippen LogP contribution is -3.01. The Labute approximate surface area is 118 Å². The zero-order valence-electron chi connectivity index (χ0n) is 11.8. The van der Waals surface area contributed by atoms with Crippen LogP contribution in [0.4, 0.5) is 0 Å². The lowest BCUT2D eigenvalue weighted by Gasteiger charge is -2.22. The summed E-state index contributed by atoms with van der Waals surface area (Å²) in [4.78, 5) is 30.9. The molecule has 0 spiro atoms. The first-order valence-corrected chi connectivity index (χ1v) is 7.16. The topological polar surface area (TPSA) is 50.9 Å². The number of fused-ring (bicyclic) bond motifs is 1. The molecule has 1 N–H and O–H groups in total. The third-order valence-electron chi connectivity index (χ3n) is 3.78. The van der Waals surface area contributed by atoms with Gasteiger partial charge in [-0.05, 0) is 5.92 Å². The average molecular weight is 271 g/mol. The van der Waals surface area contributed by atoms with E-state index in [1.807, 2.05) is 6.07 Å². The van der Waals surface area contributed by atoms with E-state index in [4.69, 9.17) is 0 Å². The van der Waals surface area contributed by atoms with E-state index in [1.165, 1.54) is 4.90 Å². The molecule has 0 saturated carbocycles. The maximum atomic E-state index is 12.6. The Hall–Kier alpha value is -1.81. The van der Waals surface area contributed by atoms with E-state index >= 15 is 0 Å². The summed E-state index contributed by atoms with van der Waals surface area (Å²) in [6.07, 6.45) is 0. The standard InChI is InChI=1S/C16H18N2O2/c1-10(2)9-17-13-14(18-7-8-18)16(20)12-6-4-3-5-11(12)15(13)19/h3-6,10,14H,7-9H2,1-2H3/p+1/t14-/m1/s1. The molecule has 0 amide bonds. The van der Waals surface area contributed by atoms with E-state index < -0.39 is 0 Å². The van der Waals surface area contributed by atoms with Crippen molar-refractivity contribution >= 4 is 17.3 Å². The number of quaternary nitrogens is 1. The molecule has 1 aliphatic carbocycles. The summed E-state index contributed by atoms with van der Waals surface area (Å²) in [5.41, 5.74) is 1.54. The molecule has 0 aromatic heterocycles. The summed E-state index contributed by atoms with van der Waals surface area (Å²) in [7, 11) is 0. The molecule has 104 valence electrons. The van der Waals surface area contributed by atoms with Crippen LogP contribution in [0.5, 0.6) is 0 Å². The summed E-state index contributed by atoms with van der Waals surface area (Å²) in [5, 5.41) is 0. The predicted octanol–water partition coefficient (Wildman–Crippen LogP) is 0.430. The number of nitrogens with one attached hydrogen (secondary N) is 1. The zero-order valence-corrected chi connectivity index (χ0v) is 11.8. The van der Waals surface area contributed by atoms with Gasteiger partial charge in [0.15, 0.2) is 6.04 Å². The quantitative estimate of drug-likeness (QED) is 0.811. The van der Waals surface area contributed by atoms with E-state index in [1.54, 1.807) is 18.2 Å². The third-order valence-corrected chi connectivity index (χ3v) is 3.78. The van der Waals surface area contributed by atoms with Crippen LogP contribution in [0.1, 0.15) is 34.6 Å². The van der Waals surface area contributed by atoms with Gasteiger partial charge in [0.25, 0.3) is 0 Å². The average Bonchev–Trinajstić information content (AvgIpc) is 3.25. The van der Waals surface area contributed by atoms with Gasteiger partial charge in [0.1, 0.15) is 18.8 Å². The molecule has 1 heterocycles. The molecule has 1 aromatic rings. The molecule has 4 nitrogen and oxygen atoms in total. The number of hydrogen-bond acceptors (Lipinski definition) is 3. The van der Waals surface area contributed by atoms with Crippen molar-refractivity contribution in [2.75, 3.05) is 19.6 Å². The molecular formula is C16H19N2O2+. The molecule has 2 aliphatic rings. The Morgan fingerprint density at radius 1 is 1.20 bits per heavy atom. The molecule has 3 rings (SSSR count). The second-order valence-corrected chi connectivity index (χ2v) is 5.95. The fraction of sp³-hybridized carbons (Fsp3) is 0.438. The number of aliphatic imine (C=N–C) groups is 1. The highest BCUT2D eigenvalue weighted by Crippen LogP contribution is 2.20. The van der Waals surface area contributed by atoms with E-state index in [0.717, 1.165) is 13.1 Å². The molecule has 20 heavy (non-hydrogen) atoms. The lowest BCUT2D eigenvalue weighted by molar-refractivity contribution is -0.764. The van der Waals surface area contributed by atoms with Gasteiger partial charge < -0.3 is 4.90 Å². The van der Waals surface area contributed by atoms with Crippen LogP contribution in [-0.2, 0) is 0 Å².